The number of rotatable bonds is 1. The summed E-state index contributed by atoms with van der Waals surface area (Å²) in [7, 11) is 1.57. The van der Waals surface area contributed by atoms with Gasteiger partial charge in [0.15, 0.2) is 0 Å². The third-order valence-corrected chi connectivity index (χ3v) is 2.42. The Morgan fingerprint density at radius 3 is 1.55 bits per heavy atom. The molecule has 0 N–H and O–H groups in total. The van der Waals surface area contributed by atoms with Crippen LogP contribution in [0.2, 0.25) is 0 Å². The van der Waals surface area contributed by atoms with Crippen LogP contribution < -0.4 is 0 Å². The Hall–Kier alpha value is -0.120. The van der Waals surface area contributed by atoms with E-state index in [-0.39, 0.29) is 11.2 Å². The monoisotopic (exact) mass is 160 g/mol. The van der Waals surface area contributed by atoms with E-state index in [1.807, 2.05) is 27.7 Å². The number of hydrogen-bond donors (Lipinski definition) is 0. The van der Waals surface area contributed by atoms with Gasteiger partial charge in [0.25, 0.3) is 6.48 Å². The van der Waals surface area contributed by atoms with Crippen molar-refractivity contribution >= 4 is 0 Å². The molecule has 66 valence electrons. The first-order valence-corrected chi connectivity index (χ1v) is 3.77. The van der Waals surface area contributed by atoms with Crippen LogP contribution in [0.4, 0.5) is 0 Å². The van der Waals surface area contributed by atoms with Crippen molar-refractivity contribution < 1.29 is 14.2 Å². The smallest absolute Gasteiger partial charge is 0.272 e. The lowest BCUT2D eigenvalue weighted by atomic mass is 9.90. The van der Waals surface area contributed by atoms with E-state index >= 15 is 0 Å². The van der Waals surface area contributed by atoms with E-state index in [0.717, 1.165) is 0 Å². The molecule has 3 heteroatoms. The quantitative estimate of drug-likeness (QED) is 0.582. The van der Waals surface area contributed by atoms with Crippen molar-refractivity contribution in [1.82, 2.24) is 0 Å². The van der Waals surface area contributed by atoms with Gasteiger partial charge in [-0.25, -0.2) is 0 Å². The summed E-state index contributed by atoms with van der Waals surface area (Å²) in [6.07, 6.45) is 0. The fraction of sp³-hybridized carbons (Fsp3) is 1.00. The standard InChI is InChI=1S/C8H16O3/c1-7(2)8(3,4)11-6(9-5)10-7/h6H,1-5H3. The Labute approximate surface area is 67.6 Å². The number of ether oxygens (including phenoxy) is 3. The zero-order valence-corrected chi connectivity index (χ0v) is 7.80. The predicted molar refractivity (Wildman–Crippen MR) is 41.1 cm³/mol. The van der Waals surface area contributed by atoms with E-state index in [1.54, 1.807) is 7.11 Å². The lowest BCUT2D eigenvalue weighted by molar-refractivity contribution is -0.240. The summed E-state index contributed by atoms with van der Waals surface area (Å²) in [5.74, 6) is 0. The van der Waals surface area contributed by atoms with E-state index in [0.29, 0.717) is 0 Å². The average molecular weight is 160 g/mol. The highest BCUT2D eigenvalue weighted by Crippen LogP contribution is 2.38. The summed E-state index contributed by atoms with van der Waals surface area (Å²) in [5, 5.41) is 0. The molecule has 0 spiro atoms. The van der Waals surface area contributed by atoms with Crippen LogP contribution in [-0.2, 0) is 14.2 Å². The molecule has 0 atom stereocenters. The Morgan fingerprint density at radius 2 is 1.36 bits per heavy atom. The van der Waals surface area contributed by atoms with Crippen LogP contribution in [0, 0.1) is 0 Å². The molecule has 3 nitrogen and oxygen atoms in total. The normalized spacial score (nSPS) is 29.2. The molecule has 1 aliphatic heterocycles. The van der Waals surface area contributed by atoms with Crippen LogP contribution in [0.1, 0.15) is 27.7 Å². The van der Waals surface area contributed by atoms with Gasteiger partial charge in [0.05, 0.1) is 11.2 Å². The summed E-state index contributed by atoms with van der Waals surface area (Å²) >= 11 is 0. The second-order valence-electron chi connectivity index (χ2n) is 3.78. The summed E-state index contributed by atoms with van der Waals surface area (Å²) < 4.78 is 15.9. The zero-order chi connectivity index (χ0) is 8.70. The maximum atomic E-state index is 5.47. The summed E-state index contributed by atoms with van der Waals surface area (Å²) in [6.45, 7) is 7.45. The van der Waals surface area contributed by atoms with Gasteiger partial charge in [0, 0.05) is 7.11 Å². The first kappa shape index (κ1) is 8.97. The van der Waals surface area contributed by atoms with Gasteiger partial charge in [-0.15, -0.1) is 0 Å². The van der Waals surface area contributed by atoms with Crippen LogP contribution in [-0.4, -0.2) is 24.8 Å². The second kappa shape index (κ2) is 2.44. The molecule has 1 heterocycles. The Balaban J connectivity index is 2.72. The fourth-order valence-corrected chi connectivity index (χ4v) is 0.885. The van der Waals surface area contributed by atoms with Gasteiger partial charge in [0.1, 0.15) is 0 Å². The van der Waals surface area contributed by atoms with Crippen LogP contribution >= 0.6 is 0 Å². The first-order valence-electron chi connectivity index (χ1n) is 3.77. The molecular formula is C8H16O3. The molecule has 0 aromatic rings. The summed E-state index contributed by atoms with van der Waals surface area (Å²) in [4.78, 5) is 0. The average Bonchev–Trinajstić information content (AvgIpc) is 2.03. The number of hydrogen-bond acceptors (Lipinski definition) is 3. The molecular weight excluding hydrogens is 144 g/mol. The molecule has 0 saturated carbocycles. The molecule has 0 aromatic carbocycles. The minimum atomic E-state index is -0.514. The SMILES string of the molecule is COC1OC(C)(C)C(C)(C)O1. The van der Waals surface area contributed by atoms with Crippen molar-refractivity contribution in [2.75, 3.05) is 7.11 Å². The highest BCUT2D eigenvalue weighted by Gasteiger charge is 2.49. The van der Waals surface area contributed by atoms with Gasteiger partial charge in [-0.2, -0.15) is 0 Å². The van der Waals surface area contributed by atoms with Crippen molar-refractivity contribution in [2.24, 2.45) is 0 Å². The molecule has 1 fully saturated rings. The van der Waals surface area contributed by atoms with Crippen molar-refractivity contribution in [3.63, 3.8) is 0 Å². The van der Waals surface area contributed by atoms with Crippen LogP contribution in [0.25, 0.3) is 0 Å². The molecule has 0 amide bonds. The lowest BCUT2D eigenvalue weighted by Gasteiger charge is -2.29. The molecule has 11 heavy (non-hydrogen) atoms. The van der Waals surface area contributed by atoms with Crippen molar-refractivity contribution in [3.05, 3.63) is 0 Å². The molecule has 0 unspecified atom stereocenters. The number of methoxy groups -OCH3 is 1. The minimum Gasteiger partial charge on any atom is -0.333 e. The van der Waals surface area contributed by atoms with Crippen LogP contribution in [0.15, 0.2) is 0 Å². The molecule has 1 aliphatic rings. The zero-order valence-electron chi connectivity index (χ0n) is 7.80. The Bertz CT molecular complexity index is 135. The summed E-state index contributed by atoms with van der Waals surface area (Å²) in [6, 6.07) is 0. The maximum absolute atomic E-state index is 5.47. The van der Waals surface area contributed by atoms with Gasteiger partial charge in [-0.1, -0.05) is 0 Å². The maximum Gasteiger partial charge on any atom is 0.272 e. The highest BCUT2D eigenvalue weighted by molar-refractivity contribution is 4.92. The molecule has 0 radical (unpaired) electrons. The molecule has 0 bridgehead atoms. The fourth-order valence-electron chi connectivity index (χ4n) is 0.885. The van der Waals surface area contributed by atoms with E-state index < -0.39 is 6.48 Å². The van der Waals surface area contributed by atoms with E-state index in [1.165, 1.54) is 0 Å². The Kier molecular flexibility index (Phi) is 1.99. The molecule has 1 rings (SSSR count). The van der Waals surface area contributed by atoms with Gasteiger partial charge in [-0.3, -0.25) is 0 Å². The summed E-state index contributed by atoms with van der Waals surface area (Å²) in [5.41, 5.74) is -0.568. The van der Waals surface area contributed by atoms with Crippen molar-refractivity contribution in [3.8, 4) is 0 Å². The van der Waals surface area contributed by atoms with Crippen molar-refractivity contribution in [1.29, 1.82) is 0 Å². The van der Waals surface area contributed by atoms with E-state index in [2.05, 4.69) is 0 Å². The third-order valence-electron chi connectivity index (χ3n) is 2.42. The lowest BCUT2D eigenvalue weighted by Crippen LogP contribution is -2.41. The first-order chi connectivity index (χ1) is 4.89. The van der Waals surface area contributed by atoms with E-state index in [4.69, 9.17) is 14.2 Å². The molecule has 0 aromatic heterocycles. The third kappa shape index (κ3) is 1.41. The van der Waals surface area contributed by atoms with Gasteiger partial charge in [-0.05, 0) is 27.7 Å². The highest BCUT2D eigenvalue weighted by atomic mass is 16.9. The second-order valence-corrected chi connectivity index (χ2v) is 3.78. The molecule has 0 aliphatic carbocycles. The van der Waals surface area contributed by atoms with E-state index in [9.17, 15) is 0 Å². The van der Waals surface area contributed by atoms with Crippen LogP contribution in [0.3, 0.4) is 0 Å². The molecule has 1 saturated heterocycles. The minimum absolute atomic E-state index is 0.284. The largest absolute Gasteiger partial charge is 0.333 e. The topological polar surface area (TPSA) is 27.7 Å². The van der Waals surface area contributed by atoms with Gasteiger partial charge < -0.3 is 14.2 Å². The van der Waals surface area contributed by atoms with Gasteiger partial charge in [0.2, 0.25) is 0 Å². The van der Waals surface area contributed by atoms with Crippen LogP contribution in [0.5, 0.6) is 0 Å². The van der Waals surface area contributed by atoms with Crippen molar-refractivity contribution in [2.45, 2.75) is 45.4 Å². The Morgan fingerprint density at radius 1 is 1.00 bits per heavy atom. The predicted octanol–water partition coefficient (Wildman–Crippen LogP) is 1.52. The van der Waals surface area contributed by atoms with Gasteiger partial charge >= 0.3 is 0 Å².